The molecule has 0 aliphatic carbocycles. The van der Waals surface area contributed by atoms with E-state index in [1.165, 1.54) is 36.7 Å². The Morgan fingerprint density at radius 3 is 1.85 bits per heavy atom. The van der Waals surface area contributed by atoms with E-state index in [1.54, 1.807) is 36.0 Å². The number of alkyl halides is 3. The van der Waals surface area contributed by atoms with E-state index in [1.807, 2.05) is 6.20 Å². The fourth-order valence-corrected chi connectivity index (χ4v) is 5.11. The number of hydrogen-bond donors (Lipinski definition) is 4. The monoisotopic (exact) mass is 834 g/mol. The molecule has 0 radical (unpaired) electrons. The minimum Gasteiger partial charge on any atom is -0.423 e. The van der Waals surface area contributed by atoms with E-state index < -0.39 is 13.5 Å². The molecule has 0 aliphatic rings. The van der Waals surface area contributed by atoms with E-state index in [0.29, 0.717) is 139 Å². The number of aromatic nitrogens is 4. The van der Waals surface area contributed by atoms with E-state index in [-0.39, 0.29) is 11.7 Å². The standard InChI is InChI=1S/C38H50BF3N6O11/c1-29-24-30(2-7-34(29)39(50)51)37(49)43-8-10-52-12-14-54-16-18-56-20-22-58-23-21-57-19-17-55-15-13-53-11-9-48-27-31(26-46-48)35-25-36(45-28-44-35)47-32-3-5-33(6-4-32)59-38(40,41)42/h2-7,24-28,50-51H,8-23H2,1H3,(H,43,49)(H,44,45,47). The van der Waals surface area contributed by atoms with Crippen LogP contribution in [-0.2, 0) is 39.7 Å². The zero-order chi connectivity index (χ0) is 42.1. The SMILES string of the molecule is Cc1cc(C(=O)NCCOCCOCCOCCOCCOCCOCCOCCn2cc(-c3cc(Nc4ccc(OC(F)(F)F)cc4)ncn3)cn2)ccc1B(O)O. The lowest BCUT2D eigenvalue weighted by Gasteiger charge is -2.10. The Labute approximate surface area is 340 Å². The molecule has 21 heteroatoms. The quantitative estimate of drug-likeness (QED) is 0.0441. The van der Waals surface area contributed by atoms with Crippen molar-refractivity contribution >= 4 is 30.0 Å². The van der Waals surface area contributed by atoms with Crippen molar-refractivity contribution in [3.8, 4) is 17.0 Å². The summed E-state index contributed by atoms with van der Waals surface area (Å²) in [6, 6.07) is 11.7. The van der Waals surface area contributed by atoms with Crippen LogP contribution in [0.4, 0.5) is 24.7 Å². The highest BCUT2D eigenvalue weighted by molar-refractivity contribution is 6.59. The number of nitrogens with one attached hydrogen (secondary N) is 2. The van der Waals surface area contributed by atoms with Gasteiger partial charge in [0.1, 0.15) is 17.9 Å². The molecule has 2 aromatic heterocycles. The number of amides is 1. The van der Waals surface area contributed by atoms with Crippen LogP contribution in [0.1, 0.15) is 15.9 Å². The summed E-state index contributed by atoms with van der Waals surface area (Å²) in [6.07, 6.45) is 0.122. The zero-order valence-corrected chi connectivity index (χ0v) is 32.7. The van der Waals surface area contributed by atoms with Gasteiger partial charge in [0, 0.05) is 35.6 Å². The second-order valence-electron chi connectivity index (χ2n) is 12.5. The minimum absolute atomic E-state index is 0.267. The molecule has 0 saturated carbocycles. The van der Waals surface area contributed by atoms with Crippen LogP contribution in [0.15, 0.2) is 67.3 Å². The Hall–Kier alpha value is -4.71. The number of ether oxygens (including phenoxy) is 8. The summed E-state index contributed by atoms with van der Waals surface area (Å²) in [7, 11) is -1.58. The molecule has 2 heterocycles. The number of anilines is 2. The number of benzene rings is 2. The van der Waals surface area contributed by atoms with Crippen molar-refractivity contribution in [2.75, 3.05) is 104 Å². The van der Waals surface area contributed by atoms with E-state index >= 15 is 0 Å². The number of nitrogens with zero attached hydrogens (tertiary/aromatic N) is 4. The Bertz CT molecular complexity index is 1790. The first-order chi connectivity index (χ1) is 28.6. The van der Waals surface area contributed by atoms with E-state index in [0.717, 1.165) is 5.56 Å². The molecular weight excluding hydrogens is 784 g/mol. The Morgan fingerprint density at radius 1 is 0.746 bits per heavy atom. The van der Waals surface area contributed by atoms with Gasteiger partial charge >= 0.3 is 13.5 Å². The summed E-state index contributed by atoms with van der Waals surface area (Å²) >= 11 is 0. The number of carbonyl (C=O) groups is 1. The second-order valence-corrected chi connectivity index (χ2v) is 12.5. The van der Waals surface area contributed by atoms with Crippen LogP contribution in [0.25, 0.3) is 11.3 Å². The lowest BCUT2D eigenvalue weighted by atomic mass is 9.77. The van der Waals surface area contributed by atoms with Crippen LogP contribution in [0.2, 0.25) is 0 Å². The summed E-state index contributed by atoms with van der Waals surface area (Å²) < 4.78 is 81.4. The molecule has 4 aromatic rings. The van der Waals surface area contributed by atoms with Crippen molar-refractivity contribution in [1.29, 1.82) is 0 Å². The Kier molecular flexibility index (Phi) is 21.0. The normalized spacial score (nSPS) is 11.5. The predicted octanol–water partition coefficient (Wildman–Crippen LogP) is 2.52. The van der Waals surface area contributed by atoms with Gasteiger partial charge in [-0.25, -0.2) is 9.97 Å². The maximum absolute atomic E-state index is 12.4. The largest absolute Gasteiger partial charge is 0.573 e. The number of rotatable bonds is 30. The third-order valence-corrected chi connectivity index (χ3v) is 8.00. The average molecular weight is 835 g/mol. The Morgan fingerprint density at radius 2 is 1.31 bits per heavy atom. The first-order valence-corrected chi connectivity index (χ1v) is 18.8. The lowest BCUT2D eigenvalue weighted by molar-refractivity contribution is -0.274. The van der Waals surface area contributed by atoms with Crippen LogP contribution in [0.3, 0.4) is 0 Å². The van der Waals surface area contributed by atoms with E-state index in [9.17, 15) is 28.0 Å². The van der Waals surface area contributed by atoms with Gasteiger partial charge in [-0.15, -0.1) is 13.2 Å². The fourth-order valence-electron chi connectivity index (χ4n) is 5.11. The molecule has 0 bridgehead atoms. The minimum atomic E-state index is -4.76. The van der Waals surface area contributed by atoms with Gasteiger partial charge in [0.05, 0.1) is 111 Å². The zero-order valence-electron chi connectivity index (χ0n) is 32.7. The predicted molar refractivity (Wildman–Crippen MR) is 209 cm³/mol. The van der Waals surface area contributed by atoms with Gasteiger partial charge < -0.3 is 58.6 Å². The summed E-state index contributed by atoms with van der Waals surface area (Å²) in [4.78, 5) is 20.7. The molecule has 4 N–H and O–H groups in total. The van der Waals surface area contributed by atoms with E-state index in [4.69, 9.17) is 33.2 Å². The van der Waals surface area contributed by atoms with Gasteiger partial charge in [-0.3, -0.25) is 9.48 Å². The maximum atomic E-state index is 12.4. The molecule has 59 heavy (non-hydrogen) atoms. The topological polar surface area (TPSA) is 199 Å². The van der Waals surface area contributed by atoms with Crippen molar-refractivity contribution in [1.82, 2.24) is 25.1 Å². The third kappa shape index (κ3) is 19.3. The van der Waals surface area contributed by atoms with Crippen molar-refractivity contribution in [3.63, 3.8) is 0 Å². The summed E-state index contributed by atoms with van der Waals surface area (Å²) in [5, 5.41) is 28.7. The molecule has 322 valence electrons. The molecule has 0 saturated heterocycles. The molecule has 17 nitrogen and oxygen atoms in total. The van der Waals surface area contributed by atoms with Crippen LogP contribution >= 0.6 is 0 Å². The smallest absolute Gasteiger partial charge is 0.423 e. The fraction of sp³-hybridized carbons (Fsp3) is 0.474. The van der Waals surface area contributed by atoms with Gasteiger partial charge in [-0.05, 0) is 48.8 Å². The molecule has 0 fully saturated rings. The second kappa shape index (κ2) is 26.4. The first-order valence-electron chi connectivity index (χ1n) is 18.8. The van der Waals surface area contributed by atoms with Gasteiger partial charge in [-0.1, -0.05) is 11.6 Å². The van der Waals surface area contributed by atoms with Crippen LogP contribution in [-0.4, -0.2) is 148 Å². The van der Waals surface area contributed by atoms with Crippen molar-refractivity contribution < 1.29 is 65.9 Å². The molecule has 1 amide bonds. The lowest BCUT2D eigenvalue weighted by Crippen LogP contribution is -2.33. The van der Waals surface area contributed by atoms with Gasteiger partial charge in [0.15, 0.2) is 0 Å². The maximum Gasteiger partial charge on any atom is 0.573 e. The van der Waals surface area contributed by atoms with Crippen molar-refractivity contribution in [2.45, 2.75) is 19.8 Å². The molecule has 0 spiro atoms. The molecule has 2 aromatic carbocycles. The highest BCUT2D eigenvalue weighted by Crippen LogP contribution is 2.26. The highest BCUT2D eigenvalue weighted by atomic mass is 19.4. The number of halogens is 3. The molecule has 0 atom stereocenters. The molecule has 0 unspecified atom stereocenters. The Balaban J connectivity index is 0.883. The van der Waals surface area contributed by atoms with Crippen molar-refractivity contribution in [3.05, 3.63) is 78.4 Å². The summed E-state index contributed by atoms with van der Waals surface area (Å²) in [5.74, 6) is -0.128. The molecule has 4 rings (SSSR count). The average Bonchev–Trinajstić information content (AvgIpc) is 3.68. The van der Waals surface area contributed by atoms with E-state index in [2.05, 4.69) is 30.4 Å². The van der Waals surface area contributed by atoms with Crippen LogP contribution < -0.4 is 20.8 Å². The first kappa shape index (κ1) is 47.0. The van der Waals surface area contributed by atoms with Crippen LogP contribution in [0, 0.1) is 6.92 Å². The van der Waals surface area contributed by atoms with Gasteiger partial charge in [0.2, 0.25) is 0 Å². The highest BCUT2D eigenvalue weighted by Gasteiger charge is 2.31. The van der Waals surface area contributed by atoms with Gasteiger partial charge in [0.25, 0.3) is 5.91 Å². The number of aryl methyl sites for hydroxylation is 1. The van der Waals surface area contributed by atoms with Crippen molar-refractivity contribution in [2.24, 2.45) is 0 Å². The summed E-state index contributed by atoms with van der Waals surface area (Å²) in [5.41, 5.74) is 3.31. The molecule has 0 aliphatic heterocycles. The number of hydrogen-bond acceptors (Lipinski definition) is 15. The number of carbonyl (C=O) groups excluding carboxylic acids is 1. The third-order valence-electron chi connectivity index (χ3n) is 8.00. The molecular formula is C38H50BF3N6O11. The van der Waals surface area contributed by atoms with Crippen LogP contribution in [0.5, 0.6) is 5.75 Å². The van der Waals surface area contributed by atoms with Gasteiger partial charge in [-0.2, -0.15) is 5.10 Å². The summed E-state index contributed by atoms with van der Waals surface area (Å²) in [6.45, 7) is 8.38.